The smallest absolute Gasteiger partial charge is 0.368 e. The third kappa shape index (κ3) is 2.67. The Bertz CT molecular complexity index is 389. The Balaban J connectivity index is 1.88. The Morgan fingerprint density at radius 3 is 1.13 bits per heavy atom. The molecule has 0 spiro atoms. The molecule has 0 amide bonds. The molecule has 0 radical (unpaired) electrons. The molecule has 134 valence electrons. The van der Waals surface area contributed by atoms with Crippen molar-refractivity contribution in [2.24, 2.45) is 10.8 Å². The highest BCUT2D eigenvalue weighted by atomic mass is 19.4. The topological polar surface area (TPSA) is 12.5 Å². The number of epoxide rings is 1. The quantitative estimate of drug-likeness (QED) is 0.457. The molecule has 3 rings (SSSR count). The van der Waals surface area contributed by atoms with Gasteiger partial charge in [-0.1, -0.05) is 38.5 Å². The Labute approximate surface area is 131 Å². The van der Waals surface area contributed by atoms with Gasteiger partial charge >= 0.3 is 12.4 Å². The largest absolute Gasteiger partial charge is 0.397 e. The molecule has 2 saturated carbocycles. The standard InChI is InChI=1S/C16H22F6O/c17-15(18,19)13(7-3-1-4-8-13)11-12(23-11)14(16(20,21)22)9-5-2-6-10-14/h11-12H,1-10H2. The average molecular weight is 344 g/mol. The fourth-order valence-corrected chi connectivity index (χ4v) is 4.78. The first-order valence-corrected chi connectivity index (χ1v) is 8.43. The predicted octanol–water partition coefficient (Wildman–Crippen LogP) is 5.78. The fraction of sp³-hybridized carbons (Fsp3) is 1.00. The van der Waals surface area contributed by atoms with Gasteiger partial charge in [-0.3, -0.25) is 0 Å². The second kappa shape index (κ2) is 5.53. The van der Waals surface area contributed by atoms with Crippen LogP contribution < -0.4 is 0 Å². The first kappa shape index (κ1) is 17.4. The number of hydrogen-bond donors (Lipinski definition) is 0. The lowest BCUT2D eigenvalue weighted by molar-refractivity contribution is -0.249. The van der Waals surface area contributed by atoms with Gasteiger partial charge in [-0.05, 0) is 25.7 Å². The molecule has 0 aromatic carbocycles. The van der Waals surface area contributed by atoms with Crippen molar-refractivity contribution in [2.75, 3.05) is 0 Å². The van der Waals surface area contributed by atoms with Gasteiger partial charge in [0.2, 0.25) is 0 Å². The van der Waals surface area contributed by atoms with Gasteiger partial charge < -0.3 is 4.74 Å². The highest BCUT2D eigenvalue weighted by Gasteiger charge is 2.75. The van der Waals surface area contributed by atoms with Crippen LogP contribution in [0.15, 0.2) is 0 Å². The molecule has 2 atom stereocenters. The minimum Gasteiger partial charge on any atom is -0.368 e. The zero-order valence-corrected chi connectivity index (χ0v) is 12.9. The summed E-state index contributed by atoms with van der Waals surface area (Å²) in [7, 11) is 0. The molecule has 2 unspecified atom stereocenters. The molecule has 0 aromatic rings. The van der Waals surface area contributed by atoms with E-state index in [1.165, 1.54) is 0 Å². The van der Waals surface area contributed by atoms with Crippen molar-refractivity contribution in [2.45, 2.75) is 88.8 Å². The van der Waals surface area contributed by atoms with Crippen LogP contribution in [0.3, 0.4) is 0 Å². The summed E-state index contributed by atoms with van der Waals surface area (Å²) in [4.78, 5) is 0. The minimum absolute atomic E-state index is 0.106. The van der Waals surface area contributed by atoms with Gasteiger partial charge in [0.15, 0.2) is 0 Å². The Kier molecular flexibility index (Phi) is 4.17. The van der Waals surface area contributed by atoms with Crippen LogP contribution in [0.5, 0.6) is 0 Å². The summed E-state index contributed by atoms with van der Waals surface area (Å²) in [5.41, 5.74) is -4.16. The van der Waals surface area contributed by atoms with Crippen LogP contribution in [0.2, 0.25) is 0 Å². The molecule has 0 bridgehead atoms. The van der Waals surface area contributed by atoms with Gasteiger partial charge in [0, 0.05) is 0 Å². The number of ether oxygens (including phenoxy) is 1. The fourth-order valence-electron chi connectivity index (χ4n) is 4.78. The second-order valence-electron chi connectivity index (χ2n) is 7.41. The van der Waals surface area contributed by atoms with E-state index < -0.39 is 35.4 Å². The van der Waals surface area contributed by atoms with Crippen LogP contribution >= 0.6 is 0 Å². The van der Waals surface area contributed by atoms with Crippen LogP contribution in [0.1, 0.15) is 64.2 Å². The molecule has 1 nitrogen and oxygen atoms in total. The number of alkyl halides is 6. The number of rotatable bonds is 2. The Morgan fingerprint density at radius 1 is 0.565 bits per heavy atom. The van der Waals surface area contributed by atoms with E-state index in [0.717, 1.165) is 0 Å². The van der Waals surface area contributed by atoms with Crippen molar-refractivity contribution in [1.82, 2.24) is 0 Å². The number of halogens is 6. The molecule has 1 saturated heterocycles. The van der Waals surface area contributed by atoms with E-state index >= 15 is 0 Å². The highest BCUT2D eigenvalue weighted by Crippen LogP contribution is 2.65. The second-order valence-corrected chi connectivity index (χ2v) is 7.41. The highest BCUT2D eigenvalue weighted by molar-refractivity contribution is 5.13. The van der Waals surface area contributed by atoms with Crippen molar-refractivity contribution in [3.05, 3.63) is 0 Å². The van der Waals surface area contributed by atoms with Crippen molar-refractivity contribution < 1.29 is 31.1 Å². The number of hydrogen-bond acceptors (Lipinski definition) is 1. The summed E-state index contributed by atoms with van der Waals surface area (Å²) in [6.07, 6.45) is -9.02. The summed E-state index contributed by atoms with van der Waals surface area (Å²) in [6.45, 7) is 0. The summed E-state index contributed by atoms with van der Waals surface area (Å²) in [5, 5.41) is 0. The maximum atomic E-state index is 13.7. The lowest BCUT2D eigenvalue weighted by atomic mass is 9.64. The maximum absolute atomic E-state index is 13.7. The van der Waals surface area contributed by atoms with Crippen LogP contribution in [0, 0.1) is 10.8 Å². The van der Waals surface area contributed by atoms with Crippen molar-refractivity contribution >= 4 is 0 Å². The van der Waals surface area contributed by atoms with Crippen molar-refractivity contribution in [3.8, 4) is 0 Å². The van der Waals surface area contributed by atoms with Gasteiger partial charge in [0.25, 0.3) is 0 Å². The third-order valence-corrected chi connectivity index (χ3v) is 6.20. The molecule has 7 heteroatoms. The van der Waals surface area contributed by atoms with E-state index in [4.69, 9.17) is 4.74 Å². The summed E-state index contributed by atoms with van der Waals surface area (Å²) >= 11 is 0. The molecule has 2 aliphatic carbocycles. The van der Waals surface area contributed by atoms with E-state index in [-0.39, 0.29) is 25.7 Å². The third-order valence-electron chi connectivity index (χ3n) is 6.20. The molecule has 1 aliphatic heterocycles. The summed E-state index contributed by atoms with van der Waals surface area (Å²) in [5.74, 6) is 0. The zero-order valence-electron chi connectivity index (χ0n) is 12.9. The lowest BCUT2D eigenvalue weighted by Gasteiger charge is -2.41. The lowest BCUT2D eigenvalue weighted by Crippen LogP contribution is -2.50. The van der Waals surface area contributed by atoms with E-state index in [1.807, 2.05) is 0 Å². The molecule has 3 aliphatic rings. The van der Waals surface area contributed by atoms with Gasteiger partial charge in [0.05, 0.1) is 23.0 Å². The van der Waals surface area contributed by atoms with Crippen LogP contribution in [0.4, 0.5) is 26.3 Å². The zero-order chi connectivity index (χ0) is 16.9. The SMILES string of the molecule is FC(F)(F)C1(C2OC2C2(C(F)(F)F)CCCCC2)CCCCC1. The molecule has 0 N–H and O–H groups in total. The van der Waals surface area contributed by atoms with Gasteiger partial charge in [-0.2, -0.15) is 26.3 Å². The van der Waals surface area contributed by atoms with Gasteiger partial charge in [-0.25, -0.2) is 0 Å². The summed E-state index contributed by atoms with van der Waals surface area (Å²) in [6, 6.07) is 0. The molecule has 0 aromatic heterocycles. The van der Waals surface area contributed by atoms with Crippen molar-refractivity contribution in [1.29, 1.82) is 0 Å². The molecular formula is C16H22F6O. The molecule has 3 fully saturated rings. The normalized spacial score (nSPS) is 34.2. The van der Waals surface area contributed by atoms with E-state index in [0.29, 0.717) is 38.5 Å². The van der Waals surface area contributed by atoms with Crippen LogP contribution in [0.25, 0.3) is 0 Å². The maximum Gasteiger partial charge on any atom is 0.397 e. The molecular weight excluding hydrogens is 322 g/mol. The first-order chi connectivity index (χ1) is 10.6. The van der Waals surface area contributed by atoms with Crippen LogP contribution in [-0.4, -0.2) is 24.6 Å². The van der Waals surface area contributed by atoms with Crippen LogP contribution in [-0.2, 0) is 4.74 Å². The van der Waals surface area contributed by atoms with E-state index in [1.54, 1.807) is 0 Å². The summed E-state index contributed by atoms with van der Waals surface area (Å²) < 4.78 is 87.3. The van der Waals surface area contributed by atoms with Crippen molar-refractivity contribution in [3.63, 3.8) is 0 Å². The molecule has 1 heterocycles. The van der Waals surface area contributed by atoms with Gasteiger partial charge in [0.1, 0.15) is 0 Å². The Morgan fingerprint density at radius 2 is 0.870 bits per heavy atom. The van der Waals surface area contributed by atoms with E-state index in [2.05, 4.69) is 0 Å². The average Bonchev–Trinajstić information content (AvgIpc) is 3.27. The monoisotopic (exact) mass is 344 g/mol. The first-order valence-electron chi connectivity index (χ1n) is 8.43. The van der Waals surface area contributed by atoms with E-state index in [9.17, 15) is 26.3 Å². The van der Waals surface area contributed by atoms with Gasteiger partial charge in [-0.15, -0.1) is 0 Å². The minimum atomic E-state index is -4.51. The predicted molar refractivity (Wildman–Crippen MR) is 71.8 cm³/mol. The molecule has 23 heavy (non-hydrogen) atoms. The Hall–Kier alpha value is -0.460.